The summed E-state index contributed by atoms with van der Waals surface area (Å²) in [5.41, 5.74) is 1.96. The maximum Gasteiger partial charge on any atom is 0.391 e. The van der Waals surface area contributed by atoms with Crippen LogP contribution < -0.4 is 15.0 Å². The van der Waals surface area contributed by atoms with Gasteiger partial charge in [0, 0.05) is 11.3 Å². The van der Waals surface area contributed by atoms with Gasteiger partial charge in [0.15, 0.2) is 0 Å². The summed E-state index contributed by atoms with van der Waals surface area (Å²) in [6.45, 7) is 2.46. The van der Waals surface area contributed by atoms with Crippen molar-refractivity contribution in [1.29, 1.82) is 5.26 Å². The minimum absolute atomic E-state index is 0.0874. The fourth-order valence-corrected chi connectivity index (χ4v) is 4.31. The lowest BCUT2D eigenvalue weighted by Gasteiger charge is -2.34. The van der Waals surface area contributed by atoms with Crippen LogP contribution in [0.25, 0.3) is 0 Å². The molecular weight excluding hydrogens is 499 g/mol. The van der Waals surface area contributed by atoms with E-state index in [9.17, 15) is 28.0 Å². The molecule has 38 heavy (non-hydrogen) atoms. The fourth-order valence-electron chi connectivity index (χ4n) is 4.31. The number of anilines is 2. The number of amides is 2. The Kier molecular flexibility index (Phi) is 7.71. The number of ether oxygens (including phenoxy) is 1. The Hall–Kier alpha value is -4.33. The van der Waals surface area contributed by atoms with Crippen LogP contribution >= 0.6 is 0 Å². The van der Waals surface area contributed by atoms with Crippen molar-refractivity contribution in [3.8, 4) is 11.8 Å². The smallest absolute Gasteiger partial charge is 0.391 e. The van der Waals surface area contributed by atoms with Crippen LogP contribution in [0.3, 0.4) is 0 Å². The highest BCUT2D eigenvalue weighted by atomic mass is 19.4. The molecule has 1 N–H and O–H groups in total. The lowest BCUT2D eigenvalue weighted by atomic mass is 9.85. The van der Waals surface area contributed by atoms with Crippen LogP contribution in [0.4, 0.5) is 24.5 Å². The molecule has 1 aromatic heterocycles. The highest BCUT2D eigenvalue weighted by Gasteiger charge is 2.42. The van der Waals surface area contributed by atoms with Crippen LogP contribution in [0, 0.1) is 17.2 Å². The molecule has 0 saturated heterocycles. The van der Waals surface area contributed by atoms with Gasteiger partial charge in [0.2, 0.25) is 0 Å². The van der Waals surface area contributed by atoms with E-state index in [4.69, 9.17) is 4.74 Å². The number of hydrogen-bond donors (Lipinski definition) is 1. The van der Waals surface area contributed by atoms with Crippen molar-refractivity contribution in [2.75, 3.05) is 17.3 Å². The number of benzene rings is 2. The summed E-state index contributed by atoms with van der Waals surface area (Å²) in [6, 6.07) is 15.9. The third-order valence-corrected chi connectivity index (χ3v) is 6.57. The van der Waals surface area contributed by atoms with E-state index < -0.39 is 18.0 Å². The van der Waals surface area contributed by atoms with Gasteiger partial charge in [-0.15, -0.1) is 0 Å². The van der Waals surface area contributed by atoms with Gasteiger partial charge in [-0.2, -0.15) is 23.5 Å². The van der Waals surface area contributed by atoms with Crippen LogP contribution in [-0.2, 0) is 6.54 Å². The number of carbonyl (C=O) groups is 2. The number of fused-ring (bicyclic) bond motifs is 1. The predicted molar refractivity (Wildman–Crippen MR) is 134 cm³/mol. The number of nitriles is 1. The van der Waals surface area contributed by atoms with Crippen molar-refractivity contribution in [2.24, 2.45) is 5.92 Å². The second-order valence-corrected chi connectivity index (χ2v) is 9.10. The molecule has 2 heterocycles. The Morgan fingerprint density at radius 3 is 2.45 bits per heavy atom. The summed E-state index contributed by atoms with van der Waals surface area (Å²) in [5.74, 6) is -1.26. The van der Waals surface area contributed by atoms with Gasteiger partial charge in [0.05, 0.1) is 43.1 Å². The first-order valence-corrected chi connectivity index (χ1v) is 12.0. The lowest BCUT2D eigenvalue weighted by molar-refractivity contribution is -0.193. The maximum absolute atomic E-state index is 13.3. The highest BCUT2D eigenvalue weighted by Crippen LogP contribution is 2.40. The summed E-state index contributed by atoms with van der Waals surface area (Å²) in [5, 5.41) is 16.3. The number of halogens is 3. The van der Waals surface area contributed by atoms with Crippen molar-refractivity contribution in [1.82, 2.24) is 9.78 Å². The molecule has 11 heteroatoms. The monoisotopic (exact) mass is 525 g/mol. The third-order valence-electron chi connectivity index (χ3n) is 6.57. The van der Waals surface area contributed by atoms with Crippen molar-refractivity contribution >= 4 is 23.2 Å². The topological polar surface area (TPSA) is 100 Å². The summed E-state index contributed by atoms with van der Waals surface area (Å²) in [7, 11) is 1.46. The molecule has 1 atom stereocenters. The van der Waals surface area contributed by atoms with Gasteiger partial charge in [0.1, 0.15) is 17.5 Å². The Labute approximate surface area is 217 Å². The quantitative estimate of drug-likeness (QED) is 0.491. The number of aromatic nitrogens is 2. The first-order valence-electron chi connectivity index (χ1n) is 12.0. The van der Waals surface area contributed by atoms with Crippen LogP contribution in [-0.4, -0.2) is 40.9 Å². The van der Waals surface area contributed by atoms with Gasteiger partial charge in [-0.3, -0.25) is 14.3 Å². The zero-order valence-electron chi connectivity index (χ0n) is 20.8. The number of rotatable bonds is 4. The summed E-state index contributed by atoms with van der Waals surface area (Å²) < 4.78 is 41.2. The first-order chi connectivity index (χ1) is 18.1. The van der Waals surface area contributed by atoms with Crippen molar-refractivity contribution in [3.63, 3.8) is 0 Å². The van der Waals surface area contributed by atoms with Crippen molar-refractivity contribution in [2.45, 2.75) is 44.9 Å². The first kappa shape index (κ1) is 26.7. The van der Waals surface area contributed by atoms with Gasteiger partial charge in [-0.1, -0.05) is 24.6 Å². The molecule has 1 fully saturated rings. The Morgan fingerprint density at radius 1 is 1.18 bits per heavy atom. The minimum Gasteiger partial charge on any atom is -0.495 e. The third kappa shape index (κ3) is 5.49. The van der Waals surface area contributed by atoms with Gasteiger partial charge in [-0.25, -0.2) is 0 Å². The minimum atomic E-state index is -3.90. The average Bonchev–Trinajstić information content (AvgIpc) is 3.24. The second-order valence-electron chi connectivity index (χ2n) is 9.10. The summed E-state index contributed by atoms with van der Waals surface area (Å²) in [4.78, 5) is 27.7. The number of para-hydroxylation sites is 1. The number of nitrogens with zero attached hydrogens (tertiary/aromatic N) is 4. The molecule has 1 aliphatic carbocycles. The highest BCUT2D eigenvalue weighted by molar-refractivity contribution is 6.13. The molecule has 2 aromatic carbocycles. The Balaban J connectivity index is 0.000000360. The summed E-state index contributed by atoms with van der Waals surface area (Å²) in [6.07, 6.45) is -0.976. The number of alkyl halides is 3. The molecule has 1 aliphatic heterocycles. The van der Waals surface area contributed by atoms with Crippen molar-refractivity contribution in [3.05, 3.63) is 71.5 Å². The Morgan fingerprint density at radius 2 is 1.89 bits per heavy atom. The molecule has 0 radical (unpaired) electrons. The van der Waals surface area contributed by atoms with E-state index in [1.54, 1.807) is 21.7 Å². The SMILES string of the molecule is COc1ccc(C(=O)Nc2cnn3c2C(=O)N(c2ccccc2)[C@@H](C)C3)cc1C#N.FC(F)(F)C1CCC1. The molecular formula is C27H26F3N5O3. The zero-order chi connectivity index (χ0) is 27.4. The molecule has 198 valence electrons. The number of carbonyl (C=O) groups excluding carboxylic acids is 2. The standard InChI is InChI=1S/C22H19N5O3.C5H7F3/c1-14-13-26-20(22(29)27(14)17-6-4-3-5-7-17)18(12-24-26)25-21(28)15-8-9-19(30-2)16(10-15)11-23;6-5(7,8)4-2-1-3-4/h3-10,12,14H,13H2,1-2H3,(H,25,28);4H,1-3H2/t14-;/m0./s1. The van der Waals surface area contributed by atoms with E-state index in [0.717, 1.165) is 12.1 Å². The van der Waals surface area contributed by atoms with E-state index in [1.165, 1.54) is 19.4 Å². The lowest BCUT2D eigenvalue weighted by Crippen LogP contribution is -2.47. The van der Waals surface area contributed by atoms with Crippen LogP contribution in [0.15, 0.2) is 54.7 Å². The molecule has 5 rings (SSSR count). The van der Waals surface area contributed by atoms with E-state index in [2.05, 4.69) is 10.4 Å². The van der Waals surface area contributed by atoms with Gasteiger partial charge < -0.3 is 15.0 Å². The molecule has 2 aliphatic rings. The average molecular weight is 526 g/mol. The van der Waals surface area contributed by atoms with E-state index in [1.807, 2.05) is 43.3 Å². The van der Waals surface area contributed by atoms with Crippen LogP contribution in [0.5, 0.6) is 5.75 Å². The van der Waals surface area contributed by atoms with E-state index in [0.29, 0.717) is 36.5 Å². The van der Waals surface area contributed by atoms with Crippen LogP contribution in [0.1, 0.15) is 52.6 Å². The van der Waals surface area contributed by atoms with Gasteiger partial charge >= 0.3 is 6.18 Å². The summed E-state index contributed by atoms with van der Waals surface area (Å²) >= 11 is 0. The molecule has 0 unspecified atom stereocenters. The molecule has 0 bridgehead atoms. The molecule has 1 saturated carbocycles. The zero-order valence-corrected chi connectivity index (χ0v) is 20.8. The molecule has 8 nitrogen and oxygen atoms in total. The molecule has 3 aromatic rings. The van der Waals surface area contributed by atoms with E-state index in [-0.39, 0.29) is 23.1 Å². The largest absolute Gasteiger partial charge is 0.495 e. The number of nitrogens with one attached hydrogen (secondary N) is 1. The van der Waals surface area contributed by atoms with Gasteiger partial charge in [-0.05, 0) is 50.1 Å². The second kappa shape index (κ2) is 11.0. The van der Waals surface area contributed by atoms with Gasteiger partial charge in [0.25, 0.3) is 11.8 Å². The number of methoxy groups -OCH3 is 1. The van der Waals surface area contributed by atoms with Crippen LogP contribution in [0.2, 0.25) is 0 Å². The molecule has 0 spiro atoms. The number of hydrogen-bond acceptors (Lipinski definition) is 5. The fraction of sp³-hybridized carbons (Fsp3) is 0.333. The van der Waals surface area contributed by atoms with Crippen molar-refractivity contribution < 1.29 is 27.5 Å². The Bertz CT molecular complexity index is 1360. The maximum atomic E-state index is 13.3. The van der Waals surface area contributed by atoms with E-state index >= 15 is 0 Å². The predicted octanol–water partition coefficient (Wildman–Crippen LogP) is 5.41. The normalized spacial score (nSPS) is 16.9. The molecule has 2 amide bonds.